The number of nitrogen functional groups attached to an aromatic ring is 1. The molecule has 3 rings (SSSR count). The summed E-state index contributed by atoms with van der Waals surface area (Å²) in [4.78, 5) is 4.19. The van der Waals surface area contributed by atoms with Gasteiger partial charge in [-0.05, 0) is 55.7 Å². The van der Waals surface area contributed by atoms with E-state index in [0.29, 0.717) is 11.0 Å². The van der Waals surface area contributed by atoms with Crippen LogP contribution in [0.1, 0.15) is 30.5 Å². The Kier molecular flexibility index (Phi) is 4.81. The summed E-state index contributed by atoms with van der Waals surface area (Å²) in [6, 6.07) is 13.4. The van der Waals surface area contributed by atoms with E-state index < -0.39 is 15.3 Å². The molecule has 0 fully saturated rings. The molecular formula is C21H21N3O2S. The molecule has 0 bridgehead atoms. The Morgan fingerprint density at radius 3 is 2.41 bits per heavy atom. The van der Waals surface area contributed by atoms with Gasteiger partial charge in [0.05, 0.1) is 16.3 Å². The monoisotopic (exact) mass is 379 g/mol. The molecule has 0 saturated heterocycles. The van der Waals surface area contributed by atoms with Crippen molar-refractivity contribution in [3.8, 4) is 12.3 Å². The number of aryl methyl sites for hydroxylation is 1. The van der Waals surface area contributed by atoms with E-state index in [2.05, 4.69) is 10.9 Å². The fourth-order valence-corrected chi connectivity index (χ4v) is 4.01. The first-order chi connectivity index (χ1) is 12.8. The van der Waals surface area contributed by atoms with Crippen molar-refractivity contribution in [1.29, 1.82) is 0 Å². The number of benzene rings is 2. The zero-order valence-corrected chi connectivity index (χ0v) is 16.3. The molecule has 27 heavy (non-hydrogen) atoms. The van der Waals surface area contributed by atoms with E-state index in [1.165, 1.54) is 0 Å². The van der Waals surface area contributed by atoms with Gasteiger partial charge in [-0.3, -0.25) is 0 Å². The number of hydrogen-bond donors (Lipinski definition) is 1. The Morgan fingerprint density at radius 1 is 1.19 bits per heavy atom. The van der Waals surface area contributed by atoms with Crippen LogP contribution in [0.2, 0.25) is 0 Å². The van der Waals surface area contributed by atoms with Crippen LogP contribution in [0.4, 0.5) is 5.95 Å². The van der Waals surface area contributed by atoms with Gasteiger partial charge >= 0.3 is 0 Å². The highest BCUT2D eigenvalue weighted by atomic mass is 32.2. The minimum absolute atomic E-state index is 0.0475. The fraction of sp³-hybridized carbons (Fsp3) is 0.190. The topological polar surface area (TPSA) is 78.0 Å². The van der Waals surface area contributed by atoms with Crippen LogP contribution in [0.5, 0.6) is 0 Å². The van der Waals surface area contributed by atoms with Gasteiger partial charge in [0.15, 0.2) is 0 Å². The summed E-state index contributed by atoms with van der Waals surface area (Å²) in [6.45, 7) is 5.24. The lowest BCUT2D eigenvalue weighted by Crippen LogP contribution is -2.23. The van der Waals surface area contributed by atoms with Gasteiger partial charge in [0.2, 0.25) is 16.0 Å². The van der Waals surface area contributed by atoms with Crippen LogP contribution in [0, 0.1) is 19.3 Å². The molecule has 0 aliphatic carbocycles. The third-order valence-electron chi connectivity index (χ3n) is 4.39. The molecular weight excluding hydrogens is 358 g/mol. The van der Waals surface area contributed by atoms with Crippen LogP contribution in [0.3, 0.4) is 0 Å². The average Bonchev–Trinajstić information content (AvgIpc) is 2.96. The zero-order valence-electron chi connectivity index (χ0n) is 15.5. The molecule has 2 N–H and O–H groups in total. The fourth-order valence-electron chi connectivity index (χ4n) is 2.87. The summed E-state index contributed by atoms with van der Waals surface area (Å²) >= 11 is 0. The number of nitrogens with two attached hydrogens (primary N) is 1. The Hall–Kier alpha value is -3.04. The molecule has 138 valence electrons. The van der Waals surface area contributed by atoms with E-state index in [1.54, 1.807) is 32.1 Å². The van der Waals surface area contributed by atoms with Crippen LogP contribution in [-0.2, 0) is 10.0 Å². The largest absolute Gasteiger partial charge is 0.368 e. The number of fused-ring (bicyclic) bond motifs is 1. The van der Waals surface area contributed by atoms with E-state index in [0.717, 1.165) is 26.2 Å². The zero-order chi connectivity index (χ0) is 19.8. The highest BCUT2D eigenvalue weighted by molar-refractivity contribution is 7.90. The molecule has 0 aliphatic heterocycles. The van der Waals surface area contributed by atoms with Crippen molar-refractivity contribution in [3.63, 3.8) is 0 Å². The summed E-state index contributed by atoms with van der Waals surface area (Å²) in [5.41, 5.74) is 10.6. The van der Waals surface area contributed by atoms with Crippen LogP contribution < -0.4 is 5.73 Å². The first-order valence-electron chi connectivity index (χ1n) is 8.51. The van der Waals surface area contributed by atoms with Crippen molar-refractivity contribution in [2.45, 2.75) is 26.0 Å². The van der Waals surface area contributed by atoms with Crippen molar-refractivity contribution in [2.75, 3.05) is 5.73 Å². The van der Waals surface area contributed by atoms with Gasteiger partial charge in [0.25, 0.3) is 0 Å². The number of terminal acetylenes is 1. The maximum Gasteiger partial charge on any atom is 0.244 e. The summed E-state index contributed by atoms with van der Waals surface area (Å²) in [7, 11) is -3.65. The molecule has 0 saturated carbocycles. The van der Waals surface area contributed by atoms with Crippen molar-refractivity contribution >= 4 is 32.6 Å². The minimum atomic E-state index is -3.65. The van der Waals surface area contributed by atoms with E-state index in [-0.39, 0.29) is 5.95 Å². The van der Waals surface area contributed by atoms with E-state index in [4.69, 9.17) is 12.2 Å². The molecule has 0 amide bonds. The standard InChI is InChI=1S/C21H21N3O2S/c1-5-6-18(16-9-7-15(4)8-10-16)17-11-12-19-20(13-17)24(21(22)23-19)27(25,26)14(2)3/h1,6-14H,2-4H3,(H2,22,23)/b18-6+. The highest BCUT2D eigenvalue weighted by Gasteiger charge is 2.24. The van der Waals surface area contributed by atoms with Crippen molar-refractivity contribution < 1.29 is 8.42 Å². The quantitative estimate of drug-likeness (QED) is 0.703. The smallest absolute Gasteiger partial charge is 0.244 e. The van der Waals surface area contributed by atoms with Crippen molar-refractivity contribution in [3.05, 3.63) is 65.2 Å². The van der Waals surface area contributed by atoms with Gasteiger partial charge in [-0.25, -0.2) is 17.4 Å². The third-order valence-corrected chi connectivity index (χ3v) is 6.47. The maximum absolute atomic E-state index is 12.7. The second kappa shape index (κ2) is 6.93. The van der Waals surface area contributed by atoms with E-state index in [1.807, 2.05) is 37.3 Å². The molecule has 0 spiro atoms. The van der Waals surface area contributed by atoms with Crippen LogP contribution in [0.15, 0.2) is 48.5 Å². The number of anilines is 1. The highest BCUT2D eigenvalue weighted by Crippen LogP contribution is 2.29. The summed E-state index contributed by atoms with van der Waals surface area (Å²) in [5.74, 6) is 2.52. The Bertz CT molecular complexity index is 1180. The molecule has 0 atom stereocenters. The Balaban J connectivity index is 2.25. The molecule has 6 heteroatoms. The van der Waals surface area contributed by atoms with Crippen molar-refractivity contribution in [2.24, 2.45) is 0 Å². The van der Waals surface area contributed by atoms with Gasteiger partial charge in [-0.2, -0.15) is 0 Å². The van der Waals surface area contributed by atoms with E-state index >= 15 is 0 Å². The van der Waals surface area contributed by atoms with Gasteiger partial charge in [0, 0.05) is 0 Å². The van der Waals surface area contributed by atoms with Crippen LogP contribution >= 0.6 is 0 Å². The van der Waals surface area contributed by atoms with Gasteiger partial charge in [0.1, 0.15) is 0 Å². The molecule has 2 aromatic carbocycles. The Labute approximate surface area is 159 Å². The molecule has 3 aromatic rings. The lowest BCUT2D eigenvalue weighted by molar-refractivity contribution is 0.580. The normalized spacial score (nSPS) is 12.5. The minimum Gasteiger partial charge on any atom is -0.368 e. The number of aromatic nitrogens is 2. The second-order valence-electron chi connectivity index (χ2n) is 6.62. The molecule has 5 nitrogen and oxygen atoms in total. The average molecular weight is 379 g/mol. The lowest BCUT2D eigenvalue weighted by atomic mass is 9.96. The van der Waals surface area contributed by atoms with Gasteiger partial charge in [-0.1, -0.05) is 41.8 Å². The summed E-state index contributed by atoms with van der Waals surface area (Å²) in [5, 5.41) is -0.626. The maximum atomic E-state index is 12.7. The SMILES string of the molecule is C#C/C=C(\c1ccc(C)cc1)c1ccc2nc(N)n(S(=O)(=O)C(C)C)c2c1. The Morgan fingerprint density at radius 2 is 1.81 bits per heavy atom. The first kappa shape index (κ1) is 18.7. The predicted molar refractivity (Wildman–Crippen MR) is 111 cm³/mol. The van der Waals surface area contributed by atoms with E-state index in [9.17, 15) is 8.42 Å². The number of rotatable bonds is 4. The molecule has 0 radical (unpaired) electrons. The number of imidazole rings is 1. The predicted octanol–water partition coefficient (Wildman–Crippen LogP) is 3.58. The third kappa shape index (κ3) is 3.34. The molecule has 1 heterocycles. The molecule has 0 unspecified atom stereocenters. The number of nitrogens with zero attached hydrogens (tertiary/aromatic N) is 2. The van der Waals surface area contributed by atoms with Crippen molar-refractivity contribution in [1.82, 2.24) is 8.96 Å². The second-order valence-corrected chi connectivity index (χ2v) is 8.96. The summed E-state index contributed by atoms with van der Waals surface area (Å²) < 4.78 is 26.6. The van der Waals surface area contributed by atoms with Crippen LogP contribution in [0.25, 0.3) is 16.6 Å². The van der Waals surface area contributed by atoms with Crippen LogP contribution in [-0.4, -0.2) is 22.6 Å². The molecule has 0 aliphatic rings. The number of hydrogen-bond acceptors (Lipinski definition) is 4. The first-order valence-corrected chi connectivity index (χ1v) is 10.0. The van der Waals surface area contributed by atoms with Gasteiger partial charge in [-0.15, -0.1) is 6.42 Å². The lowest BCUT2D eigenvalue weighted by Gasteiger charge is -2.12. The summed E-state index contributed by atoms with van der Waals surface area (Å²) in [6.07, 6.45) is 7.20. The molecule has 1 aromatic heterocycles. The number of allylic oxidation sites excluding steroid dienone is 1. The van der Waals surface area contributed by atoms with Gasteiger partial charge < -0.3 is 5.73 Å².